The molecule has 0 aliphatic heterocycles. The van der Waals surface area contributed by atoms with Gasteiger partial charge in [-0.3, -0.25) is 0 Å². The van der Waals surface area contributed by atoms with E-state index in [9.17, 15) is 0 Å². The third kappa shape index (κ3) is 7.54. The van der Waals surface area contributed by atoms with Crippen molar-refractivity contribution in [3.8, 4) is 0 Å². The summed E-state index contributed by atoms with van der Waals surface area (Å²) in [5.41, 5.74) is 0. The number of hydrogen-bond donors (Lipinski definition) is 4. The molecule has 9 nitrogen and oxygen atoms in total. The molecule has 0 aromatic carbocycles. The normalized spacial score (nSPS) is 12.0. The maximum atomic E-state index is 8.66. The summed E-state index contributed by atoms with van der Waals surface area (Å²) < 4.78 is 0. The molecular formula is C8H20NO8+. The summed E-state index contributed by atoms with van der Waals surface area (Å²) in [5, 5.41) is 33.4. The van der Waals surface area contributed by atoms with Crippen LogP contribution < -0.4 is 0 Å². The summed E-state index contributed by atoms with van der Waals surface area (Å²) in [5.74, 6) is 0. The van der Waals surface area contributed by atoms with Crippen LogP contribution in [0, 0.1) is 0 Å². The highest BCUT2D eigenvalue weighted by molar-refractivity contribution is 4.16. The molecule has 104 valence electrons. The highest BCUT2D eigenvalue weighted by Crippen LogP contribution is 2.12. The van der Waals surface area contributed by atoms with E-state index in [1.54, 1.807) is 0 Å². The molecule has 0 aliphatic rings. The molecule has 17 heavy (non-hydrogen) atoms. The van der Waals surface area contributed by atoms with Gasteiger partial charge in [0.05, 0.1) is 26.4 Å². The van der Waals surface area contributed by atoms with Gasteiger partial charge in [0.15, 0.2) is 0 Å². The van der Waals surface area contributed by atoms with Crippen molar-refractivity contribution in [2.24, 2.45) is 0 Å². The molecule has 0 spiro atoms. The van der Waals surface area contributed by atoms with Gasteiger partial charge in [-0.15, -0.1) is 0 Å². The molecule has 0 radical (unpaired) electrons. The van der Waals surface area contributed by atoms with E-state index in [2.05, 4.69) is 0 Å². The van der Waals surface area contributed by atoms with Crippen molar-refractivity contribution in [2.75, 3.05) is 52.9 Å². The molecule has 0 rings (SSSR count). The minimum absolute atomic E-state index is 0.151. The fourth-order valence-electron chi connectivity index (χ4n) is 0.834. The lowest BCUT2D eigenvalue weighted by atomic mass is 10.8. The highest BCUT2D eigenvalue weighted by Gasteiger charge is 2.38. The minimum atomic E-state index is -1.22. The van der Waals surface area contributed by atoms with Crippen LogP contribution in [0.15, 0.2) is 0 Å². The Kier molecular flexibility index (Phi) is 10.5. The first-order valence-electron chi connectivity index (χ1n) is 5.15. The Bertz CT molecular complexity index is 132. The van der Waals surface area contributed by atoms with Gasteiger partial charge >= 0.3 is 0 Å². The molecule has 0 bridgehead atoms. The zero-order valence-corrected chi connectivity index (χ0v) is 9.53. The first-order valence-corrected chi connectivity index (χ1v) is 5.15. The van der Waals surface area contributed by atoms with Crippen molar-refractivity contribution in [1.29, 1.82) is 0 Å². The van der Waals surface area contributed by atoms with Gasteiger partial charge in [0, 0.05) is 0 Å². The molecule has 0 aliphatic carbocycles. The van der Waals surface area contributed by atoms with E-state index < -0.39 is 5.14 Å². The first-order chi connectivity index (χ1) is 8.24. The molecule has 0 saturated carbocycles. The van der Waals surface area contributed by atoms with E-state index in [4.69, 9.17) is 39.8 Å². The van der Waals surface area contributed by atoms with Gasteiger partial charge in [0.2, 0.25) is 5.14 Å². The number of hydrogen-bond acceptors (Lipinski definition) is 8. The molecule has 0 amide bonds. The van der Waals surface area contributed by atoms with Gasteiger partial charge in [0.25, 0.3) is 0 Å². The van der Waals surface area contributed by atoms with Crippen molar-refractivity contribution < 1.29 is 44.9 Å². The Hall–Kier alpha value is -0.360. The lowest BCUT2D eigenvalue weighted by molar-refractivity contribution is -1.47. The van der Waals surface area contributed by atoms with E-state index in [-0.39, 0.29) is 52.9 Å². The molecular weight excluding hydrogens is 238 g/mol. The Labute approximate surface area is 98.7 Å². The molecule has 0 fully saturated rings. The zero-order valence-electron chi connectivity index (χ0n) is 9.53. The maximum Gasteiger partial charge on any atom is 0.247 e. The zero-order chi connectivity index (χ0) is 13.0. The van der Waals surface area contributed by atoms with Gasteiger partial charge in [-0.25, -0.2) is 0 Å². The molecule has 0 aromatic rings. The second kappa shape index (κ2) is 10.8. The standard InChI is InChI=1S/C8H20NO8/c10-1-5-14-9(15-6-2-11,16-7-3-12)17-8-4-13/h10-13H,1-8H2/q+1. The molecule has 0 heterocycles. The van der Waals surface area contributed by atoms with Crippen molar-refractivity contribution in [2.45, 2.75) is 0 Å². The average Bonchev–Trinajstić information content (AvgIpc) is 2.37. The molecule has 9 heteroatoms. The molecule has 0 unspecified atom stereocenters. The average molecular weight is 258 g/mol. The summed E-state index contributed by atoms with van der Waals surface area (Å²) in [6.45, 7) is -1.79. The monoisotopic (exact) mass is 258 g/mol. The summed E-state index contributed by atoms with van der Waals surface area (Å²) in [4.78, 5) is 19.9. The van der Waals surface area contributed by atoms with E-state index in [0.717, 1.165) is 0 Å². The fourth-order valence-corrected chi connectivity index (χ4v) is 0.834. The van der Waals surface area contributed by atoms with Gasteiger partial charge in [-0.05, 0) is 0 Å². The summed E-state index contributed by atoms with van der Waals surface area (Å²) in [7, 11) is 0. The number of aliphatic hydroxyl groups is 4. The third-order valence-corrected chi connectivity index (χ3v) is 1.36. The van der Waals surface area contributed by atoms with Crippen LogP contribution >= 0.6 is 0 Å². The van der Waals surface area contributed by atoms with Crippen molar-refractivity contribution >= 4 is 0 Å². The lowest BCUT2D eigenvalue weighted by Gasteiger charge is -2.24. The van der Waals surface area contributed by atoms with E-state index in [0.29, 0.717) is 0 Å². The van der Waals surface area contributed by atoms with E-state index >= 15 is 0 Å². The van der Waals surface area contributed by atoms with Crippen LogP contribution in [0.2, 0.25) is 0 Å². The summed E-state index contributed by atoms with van der Waals surface area (Å²) in [6, 6.07) is 0. The van der Waals surface area contributed by atoms with Crippen molar-refractivity contribution in [3.05, 3.63) is 0 Å². The van der Waals surface area contributed by atoms with Crippen LogP contribution in [0.4, 0.5) is 0 Å². The molecule has 4 N–H and O–H groups in total. The van der Waals surface area contributed by atoms with Gasteiger partial charge in [0.1, 0.15) is 26.4 Å². The Morgan fingerprint density at radius 3 is 0.941 bits per heavy atom. The Balaban J connectivity index is 4.39. The van der Waals surface area contributed by atoms with Gasteiger partial charge in [-0.1, -0.05) is 19.4 Å². The van der Waals surface area contributed by atoms with Gasteiger partial charge in [-0.2, -0.15) is 0 Å². The predicted octanol–water partition coefficient (Wildman–Crippen LogP) is -2.50. The Morgan fingerprint density at radius 1 is 0.529 bits per heavy atom. The number of rotatable bonds is 12. The first kappa shape index (κ1) is 16.6. The smallest absolute Gasteiger partial charge is 0.247 e. The predicted molar refractivity (Wildman–Crippen MR) is 52.4 cm³/mol. The Morgan fingerprint density at radius 2 is 0.765 bits per heavy atom. The second-order valence-corrected chi connectivity index (χ2v) is 2.67. The quantitative estimate of drug-likeness (QED) is 0.224. The van der Waals surface area contributed by atoms with Crippen molar-refractivity contribution in [1.82, 2.24) is 0 Å². The van der Waals surface area contributed by atoms with Gasteiger partial charge < -0.3 is 20.4 Å². The van der Waals surface area contributed by atoms with E-state index in [1.807, 2.05) is 0 Å². The number of aliphatic hydroxyl groups excluding tert-OH is 4. The van der Waals surface area contributed by atoms with Crippen LogP contribution in [0.3, 0.4) is 0 Å². The highest BCUT2D eigenvalue weighted by atomic mass is 17.4. The maximum absolute atomic E-state index is 8.66. The second-order valence-electron chi connectivity index (χ2n) is 2.67. The minimum Gasteiger partial charge on any atom is -0.394 e. The molecule has 0 aromatic heterocycles. The number of quaternary nitrogens is 1. The summed E-state index contributed by atoms with van der Waals surface area (Å²) in [6.07, 6.45) is 0. The lowest BCUT2D eigenvalue weighted by Crippen LogP contribution is -2.49. The number of nitrogens with zero attached hydrogens (tertiary/aromatic N) is 1. The molecule has 0 saturated heterocycles. The topological polar surface area (TPSA) is 118 Å². The van der Waals surface area contributed by atoms with Crippen LogP contribution in [0.5, 0.6) is 0 Å². The SMILES string of the molecule is OCCO[N+](OCCO)(OCCO)OCCO. The van der Waals surface area contributed by atoms with Crippen LogP contribution in [0.1, 0.15) is 0 Å². The summed E-state index contributed by atoms with van der Waals surface area (Å²) >= 11 is 0. The van der Waals surface area contributed by atoms with Crippen molar-refractivity contribution in [3.63, 3.8) is 0 Å². The van der Waals surface area contributed by atoms with Crippen LogP contribution in [-0.4, -0.2) is 78.4 Å². The van der Waals surface area contributed by atoms with E-state index in [1.165, 1.54) is 0 Å². The largest absolute Gasteiger partial charge is 0.394 e. The van der Waals surface area contributed by atoms with Crippen LogP contribution in [0.25, 0.3) is 0 Å². The van der Waals surface area contributed by atoms with Crippen LogP contribution in [-0.2, 0) is 19.4 Å². The fraction of sp³-hybridized carbons (Fsp3) is 1.00. The molecule has 0 atom stereocenters. The third-order valence-electron chi connectivity index (χ3n) is 1.36.